The van der Waals surface area contributed by atoms with Crippen LogP contribution in [0.15, 0.2) is 36.4 Å². The van der Waals surface area contributed by atoms with E-state index < -0.39 is 59.5 Å². The number of hydrogen-bond donors (Lipinski definition) is 3. The Morgan fingerprint density at radius 1 is 1.02 bits per heavy atom. The molecule has 1 unspecified atom stereocenters. The van der Waals surface area contributed by atoms with Crippen molar-refractivity contribution in [3.63, 3.8) is 0 Å². The van der Waals surface area contributed by atoms with E-state index in [1.165, 1.54) is 31.9 Å². The van der Waals surface area contributed by atoms with Crippen molar-refractivity contribution >= 4 is 40.7 Å². The summed E-state index contributed by atoms with van der Waals surface area (Å²) in [6, 6.07) is 6.58. The third kappa shape index (κ3) is 7.32. The van der Waals surface area contributed by atoms with Gasteiger partial charge in [-0.05, 0) is 65.2 Å². The Hall–Kier alpha value is -4.00. The minimum Gasteiger partial charge on any atom is -0.451 e. The average Bonchev–Trinajstić information content (AvgIpc) is 2.96. The number of amides is 3. The number of esters is 1. The van der Waals surface area contributed by atoms with Crippen molar-refractivity contribution in [1.29, 1.82) is 0 Å². The highest BCUT2D eigenvalue weighted by molar-refractivity contribution is 5.91. The highest BCUT2D eigenvalue weighted by Gasteiger charge is 2.48. The molecule has 2 aromatic rings. The first-order valence-electron chi connectivity index (χ1n) is 14.1. The van der Waals surface area contributed by atoms with Crippen LogP contribution in [-0.2, 0) is 23.9 Å². The van der Waals surface area contributed by atoms with Crippen LogP contribution in [0.2, 0.25) is 0 Å². The Bertz CT molecular complexity index is 1440. The van der Waals surface area contributed by atoms with Crippen LogP contribution in [0.1, 0.15) is 64.8 Å². The van der Waals surface area contributed by atoms with Gasteiger partial charge in [0.05, 0.1) is 28.6 Å². The zero-order valence-corrected chi connectivity index (χ0v) is 24.6. The summed E-state index contributed by atoms with van der Waals surface area (Å²) in [5.41, 5.74) is 3.35. The van der Waals surface area contributed by atoms with Crippen molar-refractivity contribution in [3.05, 3.63) is 47.7 Å². The maximum absolute atomic E-state index is 13.8. The fraction of sp³-hybridized carbons (Fsp3) is 0.500. The molecule has 1 fully saturated rings. The van der Waals surface area contributed by atoms with E-state index in [2.05, 4.69) is 16.1 Å². The number of aromatic nitrogens is 1. The molecule has 2 aliphatic heterocycles. The summed E-state index contributed by atoms with van der Waals surface area (Å²) in [5, 5.41) is 7.19. The number of ether oxygens (including phenoxy) is 1. The van der Waals surface area contributed by atoms with Crippen molar-refractivity contribution in [2.75, 3.05) is 6.54 Å². The lowest BCUT2D eigenvalue weighted by Gasteiger charge is -2.35. The van der Waals surface area contributed by atoms with Crippen molar-refractivity contribution in [2.45, 2.75) is 77.9 Å². The van der Waals surface area contributed by atoms with Crippen LogP contribution in [-0.4, -0.2) is 64.6 Å². The Kier molecular flexibility index (Phi) is 9.14. The molecule has 5 bridgehead atoms. The second-order valence-corrected chi connectivity index (χ2v) is 11.7. The smallest absolute Gasteiger partial charge is 0.395 e. The summed E-state index contributed by atoms with van der Waals surface area (Å²) >= 11 is 0. The highest BCUT2D eigenvalue weighted by Crippen LogP contribution is 2.32. The SMILES string of the molecule is CC([C@@H]1OC(=O)C(C)(C)/C=C\c2ccc3ccc(nc3c2)[C@@H](C)NC(=O)[C@@H]2CCCN(N2)C(=O)[C@H](C)NC1=O)C(F)(F)F. The number of fused-ring (bicyclic) bond motifs is 4. The number of carbonyl (C=O) groups is 4. The largest absolute Gasteiger partial charge is 0.451 e. The zero-order valence-electron chi connectivity index (χ0n) is 24.6. The number of pyridine rings is 1. The van der Waals surface area contributed by atoms with Gasteiger partial charge >= 0.3 is 12.1 Å². The summed E-state index contributed by atoms with van der Waals surface area (Å²) in [4.78, 5) is 57.2. The molecule has 2 aliphatic rings. The van der Waals surface area contributed by atoms with Gasteiger partial charge in [0.2, 0.25) is 5.91 Å². The van der Waals surface area contributed by atoms with Crippen LogP contribution in [0.5, 0.6) is 0 Å². The minimum atomic E-state index is -4.87. The normalized spacial score (nSPS) is 27.2. The van der Waals surface area contributed by atoms with Gasteiger partial charge in [-0.1, -0.05) is 30.4 Å². The second-order valence-electron chi connectivity index (χ2n) is 11.7. The van der Waals surface area contributed by atoms with Gasteiger partial charge in [-0.25, -0.2) is 5.43 Å². The summed E-state index contributed by atoms with van der Waals surface area (Å²) < 4.78 is 46.5. The van der Waals surface area contributed by atoms with E-state index >= 15 is 0 Å². The van der Waals surface area contributed by atoms with Gasteiger partial charge in [-0.3, -0.25) is 29.2 Å². The Labute approximate surface area is 247 Å². The number of cyclic esters (lactones) is 1. The Balaban J connectivity index is 1.73. The predicted molar refractivity (Wildman–Crippen MR) is 152 cm³/mol. The molecule has 43 heavy (non-hydrogen) atoms. The summed E-state index contributed by atoms with van der Waals surface area (Å²) in [7, 11) is 0. The standard InChI is InChI=1S/C30H36F3N5O5/c1-16(30(31,32)33)24-26(40)35-18(3)27(41)38-14-6-7-22(37-38)25(39)34-17(2)21-11-10-20-9-8-19(15-23(20)36-21)12-13-29(4,5)28(42)43-24/h8-13,15-18,22,24,37H,6-7,14H2,1-5H3,(H,34,39)(H,35,40)/b13-12-/t16?,17-,18+,22+,24+/m1/s1. The maximum Gasteiger partial charge on any atom is 0.395 e. The molecule has 0 saturated carbocycles. The van der Waals surface area contributed by atoms with Gasteiger partial charge in [0, 0.05) is 11.9 Å². The van der Waals surface area contributed by atoms with Gasteiger partial charge in [-0.2, -0.15) is 13.2 Å². The molecule has 1 aromatic heterocycles. The van der Waals surface area contributed by atoms with Crippen molar-refractivity contribution in [3.8, 4) is 0 Å². The molecule has 0 spiro atoms. The van der Waals surface area contributed by atoms with E-state index in [0.29, 0.717) is 29.6 Å². The number of benzene rings is 1. The summed E-state index contributed by atoms with van der Waals surface area (Å²) in [6.45, 7) is 6.97. The van der Waals surface area contributed by atoms with E-state index in [4.69, 9.17) is 9.72 Å². The van der Waals surface area contributed by atoms with Gasteiger partial charge in [0.15, 0.2) is 6.10 Å². The van der Waals surface area contributed by atoms with Crippen molar-refractivity contribution < 1.29 is 37.1 Å². The second kappa shape index (κ2) is 12.3. The number of alkyl halides is 3. The number of hydrazine groups is 1. The fourth-order valence-electron chi connectivity index (χ4n) is 4.80. The first-order valence-corrected chi connectivity index (χ1v) is 14.1. The van der Waals surface area contributed by atoms with Crippen LogP contribution in [0.25, 0.3) is 17.0 Å². The summed E-state index contributed by atoms with van der Waals surface area (Å²) in [6.07, 6.45) is -3.12. The molecular weight excluding hydrogens is 567 g/mol. The van der Waals surface area contributed by atoms with Crippen LogP contribution in [0, 0.1) is 11.3 Å². The number of carbonyl (C=O) groups excluding carboxylic acids is 4. The molecule has 3 N–H and O–H groups in total. The van der Waals surface area contributed by atoms with Crippen LogP contribution < -0.4 is 16.1 Å². The quantitative estimate of drug-likeness (QED) is 0.425. The number of nitrogens with zero attached hydrogens (tertiary/aromatic N) is 2. The summed E-state index contributed by atoms with van der Waals surface area (Å²) in [5.74, 6) is -5.70. The Morgan fingerprint density at radius 3 is 2.40 bits per heavy atom. The molecule has 1 aromatic carbocycles. The Morgan fingerprint density at radius 2 is 1.70 bits per heavy atom. The molecule has 10 nitrogen and oxygen atoms in total. The van der Waals surface area contributed by atoms with Crippen molar-refractivity contribution in [2.24, 2.45) is 11.3 Å². The molecular formula is C30H36F3N5O5. The molecule has 5 atom stereocenters. The lowest BCUT2D eigenvalue weighted by molar-refractivity contribution is -0.207. The molecule has 1 saturated heterocycles. The van der Waals surface area contributed by atoms with Gasteiger partial charge in [0.25, 0.3) is 11.8 Å². The van der Waals surface area contributed by atoms with Gasteiger partial charge in [0.1, 0.15) is 12.1 Å². The number of hydrogen-bond acceptors (Lipinski definition) is 7. The average molecular weight is 604 g/mol. The maximum atomic E-state index is 13.8. The number of halogens is 3. The monoisotopic (exact) mass is 603 g/mol. The number of rotatable bonds is 1. The van der Waals surface area contributed by atoms with Crippen LogP contribution in [0.4, 0.5) is 13.2 Å². The topological polar surface area (TPSA) is 130 Å². The number of nitrogens with one attached hydrogen (secondary N) is 3. The third-order valence-electron chi connectivity index (χ3n) is 7.72. The molecule has 13 heteroatoms. The van der Waals surface area contributed by atoms with Gasteiger partial charge < -0.3 is 15.4 Å². The third-order valence-corrected chi connectivity index (χ3v) is 7.72. The predicted octanol–water partition coefficient (Wildman–Crippen LogP) is 3.58. The van der Waals surface area contributed by atoms with Crippen molar-refractivity contribution in [1.82, 2.24) is 26.1 Å². The first kappa shape index (κ1) is 31.9. The van der Waals surface area contributed by atoms with Gasteiger partial charge in [-0.15, -0.1) is 0 Å². The highest BCUT2D eigenvalue weighted by atomic mass is 19.4. The molecule has 3 heterocycles. The van der Waals surface area contributed by atoms with E-state index in [1.807, 2.05) is 18.2 Å². The van der Waals surface area contributed by atoms with Crippen LogP contribution in [0.3, 0.4) is 0 Å². The lowest BCUT2D eigenvalue weighted by Crippen LogP contribution is -2.61. The first-order chi connectivity index (χ1) is 20.1. The van der Waals surface area contributed by atoms with E-state index in [0.717, 1.165) is 12.3 Å². The molecule has 4 rings (SSSR count). The fourth-order valence-corrected chi connectivity index (χ4v) is 4.80. The lowest BCUT2D eigenvalue weighted by atomic mass is 9.91. The zero-order chi connectivity index (χ0) is 31.7. The van der Waals surface area contributed by atoms with E-state index in [-0.39, 0.29) is 12.5 Å². The molecule has 0 aliphatic carbocycles. The van der Waals surface area contributed by atoms with E-state index in [1.54, 1.807) is 25.1 Å². The molecule has 0 radical (unpaired) electrons. The van der Waals surface area contributed by atoms with Crippen LogP contribution >= 0.6 is 0 Å². The van der Waals surface area contributed by atoms with E-state index in [9.17, 15) is 32.3 Å². The molecule has 232 valence electrons. The minimum absolute atomic E-state index is 0.213. The molecule has 3 amide bonds.